The molecule has 3 N–H and O–H groups in total. The van der Waals surface area contributed by atoms with Crippen LogP contribution in [0.25, 0.3) is 0 Å². The highest BCUT2D eigenvalue weighted by Gasteiger charge is 2.24. The summed E-state index contributed by atoms with van der Waals surface area (Å²) in [6.07, 6.45) is 2.45. The molecule has 0 radical (unpaired) electrons. The van der Waals surface area contributed by atoms with Crippen LogP contribution in [0.5, 0.6) is 0 Å². The number of rotatable bonds is 8. The molecule has 25 heavy (non-hydrogen) atoms. The second-order valence-corrected chi connectivity index (χ2v) is 6.35. The predicted molar refractivity (Wildman–Crippen MR) is 107 cm³/mol. The van der Waals surface area contributed by atoms with Crippen LogP contribution in [0.1, 0.15) is 30.9 Å². The van der Waals surface area contributed by atoms with Crippen LogP contribution in [0.3, 0.4) is 0 Å². The monoisotopic (exact) mass is 411 g/mol. The Kier molecular flexibility index (Phi) is 12.5. The van der Waals surface area contributed by atoms with Gasteiger partial charge in [-0.1, -0.05) is 23.7 Å². The van der Waals surface area contributed by atoms with E-state index in [2.05, 4.69) is 16.3 Å². The average molecular weight is 413 g/mol. The van der Waals surface area contributed by atoms with E-state index in [0.717, 1.165) is 23.7 Å². The van der Waals surface area contributed by atoms with Gasteiger partial charge in [-0.05, 0) is 43.6 Å². The third-order valence-corrected chi connectivity index (χ3v) is 4.55. The first-order valence-electron chi connectivity index (χ1n) is 8.13. The number of nitrogens with two attached hydrogens (primary N) is 1. The number of nitrogens with zero attached hydrogens (tertiary/aromatic N) is 1. The number of carbonyl (C=O) groups is 1. The molecule has 144 valence electrons. The van der Waals surface area contributed by atoms with Gasteiger partial charge in [0.15, 0.2) is 0 Å². The summed E-state index contributed by atoms with van der Waals surface area (Å²) >= 11 is 6.13. The Hall–Kier alpha value is -0.560. The van der Waals surface area contributed by atoms with Crippen molar-refractivity contribution < 1.29 is 9.53 Å². The molecular formula is C17H28Cl3N3O2. The van der Waals surface area contributed by atoms with Crippen molar-refractivity contribution in [3.63, 3.8) is 0 Å². The molecule has 5 nitrogen and oxygen atoms in total. The molecule has 1 amide bonds. The van der Waals surface area contributed by atoms with Gasteiger partial charge in [-0.2, -0.15) is 0 Å². The van der Waals surface area contributed by atoms with Crippen LogP contribution in [0.4, 0.5) is 0 Å². The molecule has 1 saturated heterocycles. The maximum Gasteiger partial charge on any atom is 0.222 e. The minimum Gasteiger partial charge on any atom is -0.380 e. The zero-order valence-corrected chi connectivity index (χ0v) is 16.8. The molecule has 8 heteroatoms. The van der Waals surface area contributed by atoms with Gasteiger partial charge < -0.3 is 15.8 Å². The molecule has 1 aliphatic heterocycles. The molecule has 1 aromatic rings. The third-order valence-electron chi connectivity index (χ3n) is 4.32. The van der Waals surface area contributed by atoms with Crippen molar-refractivity contribution in [1.82, 2.24) is 10.2 Å². The van der Waals surface area contributed by atoms with Gasteiger partial charge in [0, 0.05) is 25.2 Å². The number of methoxy groups -OCH3 is 1. The zero-order valence-electron chi connectivity index (χ0n) is 14.4. The van der Waals surface area contributed by atoms with E-state index in [1.165, 1.54) is 12.8 Å². The Morgan fingerprint density at radius 1 is 1.36 bits per heavy atom. The van der Waals surface area contributed by atoms with E-state index in [0.29, 0.717) is 13.1 Å². The lowest BCUT2D eigenvalue weighted by molar-refractivity contribution is -0.123. The summed E-state index contributed by atoms with van der Waals surface area (Å²) in [6.45, 7) is 3.01. The van der Waals surface area contributed by atoms with Gasteiger partial charge in [0.2, 0.25) is 5.91 Å². The summed E-state index contributed by atoms with van der Waals surface area (Å²) < 4.78 is 5.16. The van der Waals surface area contributed by atoms with E-state index < -0.39 is 0 Å². The van der Waals surface area contributed by atoms with Gasteiger partial charge >= 0.3 is 0 Å². The Balaban J connectivity index is 0.00000288. The molecule has 2 rings (SSSR count). The Labute approximate surface area is 167 Å². The molecular weight excluding hydrogens is 385 g/mol. The van der Waals surface area contributed by atoms with Gasteiger partial charge in [-0.25, -0.2) is 0 Å². The second-order valence-electron chi connectivity index (χ2n) is 5.92. The number of hydrogen-bond acceptors (Lipinski definition) is 4. The number of ether oxygens (including phenoxy) is 1. The van der Waals surface area contributed by atoms with Gasteiger partial charge in [0.25, 0.3) is 0 Å². The van der Waals surface area contributed by atoms with Gasteiger partial charge in [-0.3, -0.25) is 9.69 Å². The SMILES string of the molecule is COC(CN)CC(=O)NCC(c1cccc(Cl)c1)N1CCCC1.Cl.Cl. The first-order valence-corrected chi connectivity index (χ1v) is 8.51. The molecule has 0 spiro atoms. The smallest absolute Gasteiger partial charge is 0.222 e. The molecule has 1 fully saturated rings. The highest BCUT2D eigenvalue weighted by Crippen LogP contribution is 2.26. The Morgan fingerprint density at radius 2 is 2.04 bits per heavy atom. The minimum atomic E-state index is -0.230. The highest BCUT2D eigenvalue weighted by molar-refractivity contribution is 6.30. The number of carbonyl (C=O) groups excluding carboxylic acids is 1. The molecule has 0 saturated carbocycles. The highest BCUT2D eigenvalue weighted by atomic mass is 35.5. The van der Waals surface area contributed by atoms with E-state index in [1.54, 1.807) is 7.11 Å². The topological polar surface area (TPSA) is 67.6 Å². The van der Waals surface area contributed by atoms with Gasteiger partial charge in [-0.15, -0.1) is 24.8 Å². The summed E-state index contributed by atoms with van der Waals surface area (Å²) in [5, 5.41) is 3.74. The van der Waals surface area contributed by atoms with E-state index in [-0.39, 0.29) is 49.3 Å². The normalized spacial score (nSPS) is 16.4. The first kappa shape index (κ1) is 24.4. The largest absolute Gasteiger partial charge is 0.380 e. The number of hydrogen-bond donors (Lipinski definition) is 2. The van der Waals surface area contributed by atoms with E-state index >= 15 is 0 Å². The van der Waals surface area contributed by atoms with Crippen LogP contribution in [0, 0.1) is 0 Å². The minimum absolute atomic E-state index is 0. The van der Waals surface area contributed by atoms with Crippen LogP contribution in [0.2, 0.25) is 5.02 Å². The molecule has 1 aliphatic rings. The average Bonchev–Trinajstić information content (AvgIpc) is 3.07. The third kappa shape index (κ3) is 7.69. The lowest BCUT2D eigenvalue weighted by atomic mass is 10.1. The maximum atomic E-state index is 12.1. The van der Waals surface area contributed by atoms with Crippen molar-refractivity contribution in [3.8, 4) is 0 Å². The summed E-state index contributed by atoms with van der Waals surface area (Å²) in [4.78, 5) is 14.5. The Morgan fingerprint density at radius 3 is 2.60 bits per heavy atom. The molecule has 2 atom stereocenters. The van der Waals surface area contributed by atoms with Crippen molar-refractivity contribution >= 4 is 42.3 Å². The fraction of sp³-hybridized carbons (Fsp3) is 0.588. The van der Waals surface area contributed by atoms with E-state index in [1.807, 2.05) is 18.2 Å². The maximum absolute atomic E-state index is 12.1. The second kappa shape index (κ2) is 12.7. The molecule has 1 heterocycles. The summed E-state index contributed by atoms with van der Waals surface area (Å²) in [5.41, 5.74) is 6.71. The number of halogens is 3. The van der Waals surface area contributed by atoms with Crippen molar-refractivity contribution in [2.24, 2.45) is 5.73 Å². The fourth-order valence-corrected chi connectivity index (χ4v) is 3.18. The van der Waals surface area contributed by atoms with Crippen molar-refractivity contribution in [2.75, 3.05) is 33.3 Å². The molecule has 2 unspecified atom stereocenters. The summed E-state index contributed by atoms with van der Waals surface area (Å²) in [5.74, 6) is -0.0338. The number of amides is 1. The van der Waals surface area contributed by atoms with Crippen LogP contribution in [-0.2, 0) is 9.53 Å². The van der Waals surface area contributed by atoms with Crippen molar-refractivity contribution in [3.05, 3.63) is 34.9 Å². The predicted octanol–water partition coefficient (Wildman–Crippen LogP) is 2.80. The van der Waals surface area contributed by atoms with Crippen molar-refractivity contribution in [2.45, 2.75) is 31.4 Å². The van der Waals surface area contributed by atoms with Crippen LogP contribution < -0.4 is 11.1 Å². The standard InChI is InChI=1S/C17H26ClN3O2.2ClH/c1-23-15(11-19)10-17(22)20-12-16(21-7-2-3-8-21)13-5-4-6-14(18)9-13;;/h4-6,9,15-16H,2-3,7-8,10-12,19H2,1H3,(H,20,22);2*1H. The lowest BCUT2D eigenvalue weighted by Crippen LogP contribution is -2.38. The van der Waals surface area contributed by atoms with Gasteiger partial charge in [0.1, 0.15) is 0 Å². The summed E-state index contributed by atoms with van der Waals surface area (Å²) in [7, 11) is 1.57. The molecule has 0 aromatic heterocycles. The zero-order chi connectivity index (χ0) is 16.7. The fourth-order valence-electron chi connectivity index (χ4n) is 2.98. The van der Waals surface area contributed by atoms with Crippen LogP contribution in [0.15, 0.2) is 24.3 Å². The number of likely N-dealkylation sites (tertiary alicyclic amines) is 1. The lowest BCUT2D eigenvalue weighted by Gasteiger charge is -2.28. The molecule has 0 bridgehead atoms. The quantitative estimate of drug-likeness (QED) is 0.689. The van der Waals surface area contributed by atoms with E-state index in [4.69, 9.17) is 22.1 Å². The van der Waals surface area contributed by atoms with Gasteiger partial charge in [0.05, 0.1) is 18.6 Å². The first-order chi connectivity index (χ1) is 11.1. The van der Waals surface area contributed by atoms with Crippen LogP contribution >= 0.6 is 36.4 Å². The van der Waals surface area contributed by atoms with Crippen molar-refractivity contribution in [1.29, 1.82) is 0 Å². The number of nitrogens with one attached hydrogen (secondary N) is 1. The van der Waals surface area contributed by atoms with E-state index in [9.17, 15) is 4.79 Å². The summed E-state index contributed by atoms with van der Waals surface area (Å²) in [6, 6.07) is 8.03. The van der Waals surface area contributed by atoms with Crippen LogP contribution in [-0.4, -0.2) is 50.2 Å². The molecule has 0 aliphatic carbocycles. The molecule has 1 aromatic carbocycles. The Bertz CT molecular complexity index is 510. The number of benzene rings is 1.